The Morgan fingerprint density at radius 2 is 1.18 bits per heavy atom. The first-order chi connectivity index (χ1) is 34.3. The third kappa shape index (κ3) is 18.0. The SMILES string of the molecule is CC(C)CC1=NCC(C(=O)O)=C1.CC(C)Cc1cc(C(=O)N[C@H](Cc2ccc(-c3cc(Cl)ccc3F)cc2)C[C@@](C)(CO)C(=O)O)n[nH]1.C[C@@](CO)(C[C@H](N)Cc1ccc(-c2cc(Cl)ccc2F)cc1)C(=O)O. The van der Waals surface area contributed by atoms with Gasteiger partial charge in [0.2, 0.25) is 0 Å². The molecule has 0 saturated heterocycles. The Morgan fingerprint density at radius 3 is 1.62 bits per heavy atom. The third-order valence-corrected chi connectivity index (χ3v) is 12.5. The second-order valence-electron chi connectivity index (χ2n) is 19.7. The fourth-order valence-electron chi connectivity index (χ4n) is 7.91. The number of rotatable bonds is 21. The van der Waals surface area contributed by atoms with Crippen LogP contribution in [-0.2, 0) is 33.6 Å². The lowest BCUT2D eigenvalue weighted by atomic mass is 9.82. The van der Waals surface area contributed by atoms with Crippen molar-refractivity contribution in [1.82, 2.24) is 15.5 Å². The highest BCUT2D eigenvalue weighted by atomic mass is 35.5. The van der Waals surface area contributed by atoms with E-state index in [1.54, 1.807) is 60.7 Å². The van der Waals surface area contributed by atoms with Crippen LogP contribution in [-0.4, -0.2) is 97.1 Å². The molecule has 1 aliphatic rings. The summed E-state index contributed by atoms with van der Waals surface area (Å²) in [4.78, 5) is 50.6. The lowest BCUT2D eigenvalue weighted by molar-refractivity contribution is -0.152. The number of halogens is 4. The molecule has 73 heavy (non-hydrogen) atoms. The number of allylic oxidation sites excluding steroid dienone is 1. The molecule has 1 aliphatic heterocycles. The van der Waals surface area contributed by atoms with Gasteiger partial charge in [0.05, 0.1) is 36.2 Å². The zero-order valence-electron chi connectivity index (χ0n) is 41.8. The van der Waals surface area contributed by atoms with E-state index in [9.17, 15) is 48.4 Å². The number of amides is 1. The summed E-state index contributed by atoms with van der Waals surface area (Å²) in [7, 11) is 0. The summed E-state index contributed by atoms with van der Waals surface area (Å²) < 4.78 is 28.2. The predicted octanol–water partition coefficient (Wildman–Crippen LogP) is 9.87. The number of aliphatic carboxylic acids is 3. The molecule has 1 amide bonds. The summed E-state index contributed by atoms with van der Waals surface area (Å²) in [6.07, 6.45) is 4.21. The number of aliphatic imine (C=N–C) groups is 1. The molecule has 5 aromatic rings. The number of nitrogens with two attached hydrogens (primary N) is 1. The van der Waals surface area contributed by atoms with Gasteiger partial charge in [0.1, 0.15) is 17.3 Å². The van der Waals surface area contributed by atoms with E-state index in [1.807, 2.05) is 12.1 Å². The zero-order chi connectivity index (χ0) is 54.2. The minimum atomic E-state index is -1.45. The van der Waals surface area contributed by atoms with E-state index < -0.39 is 65.8 Å². The summed E-state index contributed by atoms with van der Waals surface area (Å²) in [6.45, 7) is 10.5. The van der Waals surface area contributed by atoms with E-state index in [2.05, 4.69) is 48.2 Å². The quantitative estimate of drug-likeness (QED) is 0.0343. The molecule has 0 unspecified atom stereocenters. The molecule has 0 saturated carbocycles. The normalized spacial score (nSPS) is 14.6. The number of carboxylic acids is 3. The molecule has 14 nitrogen and oxygen atoms in total. The lowest BCUT2D eigenvalue weighted by Gasteiger charge is -2.28. The molecule has 1 aromatic heterocycles. The highest BCUT2D eigenvalue weighted by molar-refractivity contribution is 6.31. The van der Waals surface area contributed by atoms with Gasteiger partial charge in [-0.1, -0.05) is 99.4 Å². The van der Waals surface area contributed by atoms with E-state index in [0.29, 0.717) is 69.1 Å². The van der Waals surface area contributed by atoms with Gasteiger partial charge in [-0.05, 0) is 135 Å². The number of benzene rings is 4. The van der Waals surface area contributed by atoms with E-state index in [0.717, 1.165) is 35.4 Å². The number of carboxylic acid groups (broad SMARTS) is 3. The van der Waals surface area contributed by atoms with Crippen molar-refractivity contribution in [2.45, 2.75) is 92.2 Å². The predicted molar refractivity (Wildman–Crippen MR) is 280 cm³/mol. The van der Waals surface area contributed by atoms with Gasteiger partial charge in [-0.3, -0.25) is 24.5 Å². The maximum absolute atomic E-state index is 14.2. The van der Waals surface area contributed by atoms with Crippen molar-refractivity contribution in [3.05, 3.63) is 147 Å². The van der Waals surface area contributed by atoms with Crippen LogP contribution in [0.3, 0.4) is 0 Å². The van der Waals surface area contributed by atoms with E-state index in [4.69, 9.17) is 34.0 Å². The number of hydrogen-bond donors (Lipinski definition) is 8. The number of nitrogens with zero attached hydrogens (tertiary/aromatic N) is 2. The Bertz CT molecular complexity index is 2750. The summed E-state index contributed by atoms with van der Waals surface area (Å²) in [6, 6.07) is 23.7. The molecule has 4 atom stereocenters. The van der Waals surface area contributed by atoms with Crippen molar-refractivity contribution in [3.63, 3.8) is 0 Å². The highest BCUT2D eigenvalue weighted by Gasteiger charge is 2.37. The van der Waals surface area contributed by atoms with E-state index in [1.165, 1.54) is 38.1 Å². The van der Waals surface area contributed by atoms with Gasteiger partial charge in [0.15, 0.2) is 0 Å². The van der Waals surface area contributed by atoms with Crippen LogP contribution in [0.2, 0.25) is 10.0 Å². The van der Waals surface area contributed by atoms with Crippen molar-refractivity contribution >= 4 is 52.7 Å². The standard InChI is InChI=1S/C27H31ClFN3O4.C19H21ClFNO3.C9H13NO2/c1-16(2)10-20-13-24(32-31-20)25(34)30-21(14-27(3,15-33)26(35)36)11-17-4-6-18(7-5-17)22-12-19(28)8-9-23(22)29;1-19(11-23,18(24)25)10-15(22)8-12-2-4-13(5-3-12)16-9-14(20)6-7-17(16)21;1-6(2)3-8-4-7(5-10-8)9(11)12/h4-9,12-13,16,21,33H,10-11,14-15H2,1-3H3,(H,30,34)(H,31,32)(H,35,36);2-7,9,15,23H,8,10-11,22H2,1H3,(H,24,25);4,6H,3,5H2,1-2H3,(H,11,12)/t21-,27+;15-,19+;/m11./s1. The van der Waals surface area contributed by atoms with Gasteiger partial charge < -0.3 is 36.6 Å². The number of hydrogen-bond acceptors (Lipinski definition) is 9. The van der Waals surface area contributed by atoms with Gasteiger partial charge in [-0.2, -0.15) is 5.10 Å². The number of aliphatic hydroxyl groups is 2. The number of carbonyl (C=O) groups excluding carboxylic acids is 1. The number of carbonyl (C=O) groups is 4. The van der Waals surface area contributed by atoms with Crippen molar-refractivity contribution in [3.8, 4) is 22.3 Å². The minimum absolute atomic E-state index is 0.00147. The molecule has 6 rings (SSSR count). The summed E-state index contributed by atoms with van der Waals surface area (Å²) >= 11 is 11.9. The molecule has 18 heteroatoms. The molecule has 2 heterocycles. The van der Waals surface area contributed by atoms with Crippen molar-refractivity contribution in [2.24, 2.45) is 33.4 Å². The van der Waals surface area contributed by atoms with Gasteiger partial charge in [0.25, 0.3) is 5.91 Å². The smallest absolute Gasteiger partial charge is 0.333 e. The summed E-state index contributed by atoms with van der Waals surface area (Å²) in [5.74, 6) is -3.34. The minimum Gasteiger partial charge on any atom is -0.481 e. The highest BCUT2D eigenvalue weighted by Crippen LogP contribution is 2.30. The monoisotopic (exact) mass is 1050 g/mol. The van der Waals surface area contributed by atoms with Gasteiger partial charge >= 0.3 is 17.9 Å². The fraction of sp³-hybridized carbons (Fsp3) is 0.382. The van der Waals surface area contributed by atoms with E-state index in [-0.39, 0.29) is 24.4 Å². The van der Waals surface area contributed by atoms with Gasteiger partial charge in [-0.15, -0.1) is 0 Å². The molecule has 0 radical (unpaired) electrons. The zero-order valence-corrected chi connectivity index (χ0v) is 43.3. The van der Waals surface area contributed by atoms with Gasteiger partial charge in [-0.25, -0.2) is 13.6 Å². The van der Waals surface area contributed by atoms with Crippen molar-refractivity contribution in [2.75, 3.05) is 19.8 Å². The second-order valence-corrected chi connectivity index (χ2v) is 20.6. The number of aromatic nitrogens is 2. The average molecular weight is 1050 g/mol. The number of aromatic amines is 1. The van der Waals surface area contributed by atoms with Gasteiger partial charge in [0, 0.05) is 44.7 Å². The number of aliphatic hydroxyl groups excluding tert-OH is 2. The topological polar surface area (TPSA) is 249 Å². The first-order valence-electron chi connectivity index (χ1n) is 23.7. The third-order valence-electron chi connectivity index (χ3n) is 12.0. The average Bonchev–Trinajstić information content (AvgIpc) is 4.01. The Morgan fingerprint density at radius 1 is 0.699 bits per heavy atom. The van der Waals surface area contributed by atoms with Crippen LogP contribution < -0.4 is 11.1 Å². The largest absolute Gasteiger partial charge is 0.481 e. The maximum atomic E-state index is 14.2. The molecule has 0 bridgehead atoms. The van der Waals surface area contributed by atoms with Crippen LogP contribution in [0, 0.1) is 34.3 Å². The molecule has 4 aromatic carbocycles. The van der Waals surface area contributed by atoms with Crippen molar-refractivity contribution in [1.29, 1.82) is 0 Å². The number of nitrogens with one attached hydrogen (secondary N) is 2. The molecule has 0 fully saturated rings. The van der Waals surface area contributed by atoms with Crippen LogP contribution in [0.25, 0.3) is 22.3 Å². The molecule has 0 spiro atoms. The van der Waals surface area contributed by atoms with E-state index >= 15 is 0 Å². The Labute approximate surface area is 434 Å². The lowest BCUT2D eigenvalue weighted by Crippen LogP contribution is -2.44. The Kier molecular flexibility index (Phi) is 22.0. The first kappa shape index (κ1) is 59.3. The summed E-state index contributed by atoms with van der Waals surface area (Å²) in [5.41, 5.74) is 9.55. The first-order valence-corrected chi connectivity index (χ1v) is 24.5. The Hall–Kier alpha value is -6.30. The van der Waals surface area contributed by atoms with Crippen LogP contribution in [0.1, 0.15) is 88.1 Å². The Balaban J connectivity index is 0.000000268. The van der Waals surface area contributed by atoms with Crippen LogP contribution in [0.5, 0.6) is 0 Å². The van der Waals surface area contributed by atoms with Crippen LogP contribution in [0.15, 0.2) is 108 Å². The molecule has 392 valence electrons. The molecular weight excluding hydrogens is 984 g/mol. The summed E-state index contributed by atoms with van der Waals surface area (Å²) in [5, 5.41) is 57.3. The number of H-pyrrole nitrogens is 1. The molecular formula is C55H65Cl2F2N5O9. The maximum Gasteiger partial charge on any atom is 0.333 e. The van der Waals surface area contributed by atoms with Crippen LogP contribution in [0.4, 0.5) is 8.78 Å². The fourth-order valence-corrected chi connectivity index (χ4v) is 8.25. The van der Waals surface area contributed by atoms with Crippen LogP contribution >= 0.6 is 23.2 Å². The van der Waals surface area contributed by atoms with Crippen molar-refractivity contribution < 1.29 is 53.5 Å². The second kappa shape index (κ2) is 27.1. The molecule has 9 N–H and O–H groups in total. The molecule has 0 aliphatic carbocycles.